The summed E-state index contributed by atoms with van der Waals surface area (Å²) in [6, 6.07) is 6.43. The van der Waals surface area contributed by atoms with E-state index in [4.69, 9.17) is 16.7 Å². The van der Waals surface area contributed by atoms with Crippen molar-refractivity contribution >= 4 is 29.4 Å². The van der Waals surface area contributed by atoms with Crippen LogP contribution in [0.15, 0.2) is 24.3 Å². The average Bonchev–Trinajstić information content (AvgIpc) is 2.44. The van der Waals surface area contributed by atoms with Crippen LogP contribution in [0.1, 0.15) is 30.6 Å². The molecule has 1 atom stereocenters. The number of carbonyl (C=O) groups is 3. The van der Waals surface area contributed by atoms with Crippen molar-refractivity contribution in [3.63, 3.8) is 0 Å². The summed E-state index contributed by atoms with van der Waals surface area (Å²) >= 11 is 5.87. The Bertz CT molecular complexity index is 562. The van der Waals surface area contributed by atoms with E-state index < -0.39 is 23.3 Å². The van der Waals surface area contributed by atoms with Gasteiger partial charge in [-0.15, -0.1) is 0 Å². The largest absolute Gasteiger partial charge is 0.480 e. The number of amides is 2. The third-order valence-electron chi connectivity index (χ3n) is 3.12. The summed E-state index contributed by atoms with van der Waals surface area (Å²) in [5.41, 5.74) is -1.10. The molecular formula is C14H17ClN2O4. The maximum Gasteiger partial charge on any atom is 0.329 e. The summed E-state index contributed by atoms with van der Waals surface area (Å²) in [5, 5.41) is 14.1. The fourth-order valence-corrected chi connectivity index (χ4v) is 1.77. The number of carbonyl (C=O) groups excluding carboxylic acids is 2. The quantitative estimate of drug-likeness (QED) is 0.740. The smallest absolute Gasteiger partial charge is 0.329 e. The van der Waals surface area contributed by atoms with E-state index in [1.165, 1.54) is 13.0 Å². The monoisotopic (exact) mass is 312 g/mol. The van der Waals surface area contributed by atoms with Crippen molar-refractivity contribution in [2.24, 2.45) is 0 Å². The van der Waals surface area contributed by atoms with Crippen LogP contribution in [-0.4, -0.2) is 35.0 Å². The van der Waals surface area contributed by atoms with Gasteiger partial charge in [-0.25, -0.2) is 4.79 Å². The number of carboxylic acid groups (broad SMARTS) is 1. The van der Waals surface area contributed by atoms with Crippen molar-refractivity contribution in [1.29, 1.82) is 0 Å². The molecule has 7 heteroatoms. The first-order valence-corrected chi connectivity index (χ1v) is 6.75. The highest BCUT2D eigenvalue weighted by Crippen LogP contribution is 2.14. The molecule has 0 aromatic heterocycles. The van der Waals surface area contributed by atoms with Gasteiger partial charge in [-0.3, -0.25) is 9.59 Å². The lowest BCUT2D eigenvalue weighted by molar-refractivity contribution is -0.146. The number of benzene rings is 1. The van der Waals surface area contributed by atoms with E-state index in [9.17, 15) is 14.4 Å². The Balaban J connectivity index is 2.60. The minimum absolute atomic E-state index is 0.229. The molecule has 0 saturated carbocycles. The van der Waals surface area contributed by atoms with Crippen LogP contribution in [0.2, 0.25) is 5.02 Å². The van der Waals surface area contributed by atoms with E-state index in [0.29, 0.717) is 0 Å². The summed E-state index contributed by atoms with van der Waals surface area (Å²) in [7, 11) is 0. The van der Waals surface area contributed by atoms with Gasteiger partial charge in [0, 0.05) is 0 Å². The molecule has 0 saturated heterocycles. The Morgan fingerprint density at radius 3 is 2.43 bits per heavy atom. The Kier molecular flexibility index (Phi) is 5.72. The number of carboxylic acids is 1. The third-order valence-corrected chi connectivity index (χ3v) is 3.45. The molecule has 0 aliphatic carbocycles. The zero-order valence-electron chi connectivity index (χ0n) is 11.8. The molecule has 2 amide bonds. The van der Waals surface area contributed by atoms with Gasteiger partial charge in [-0.05, 0) is 25.5 Å². The Labute approximate surface area is 127 Å². The summed E-state index contributed by atoms with van der Waals surface area (Å²) in [6.07, 6.45) is 0.229. The van der Waals surface area contributed by atoms with Gasteiger partial charge in [0.05, 0.1) is 17.1 Å². The van der Waals surface area contributed by atoms with E-state index in [1.807, 2.05) is 0 Å². The molecule has 0 bridgehead atoms. The molecule has 1 rings (SSSR count). The van der Waals surface area contributed by atoms with Crippen molar-refractivity contribution in [3.8, 4) is 0 Å². The third kappa shape index (κ3) is 4.46. The second-order valence-electron chi connectivity index (χ2n) is 4.70. The number of nitrogens with one attached hydrogen (secondary N) is 2. The second-order valence-corrected chi connectivity index (χ2v) is 5.11. The Morgan fingerprint density at radius 1 is 1.29 bits per heavy atom. The number of rotatable bonds is 6. The molecule has 21 heavy (non-hydrogen) atoms. The van der Waals surface area contributed by atoms with Crippen LogP contribution >= 0.6 is 11.6 Å². The lowest BCUT2D eigenvalue weighted by Gasteiger charge is -2.24. The first-order valence-electron chi connectivity index (χ1n) is 6.37. The predicted molar refractivity (Wildman–Crippen MR) is 78.3 cm³/mol. The Hall–Kier alpha value is -2.08. The standard InChI is InChI=1S/C14H17ClN2O4/c1-3-14(2,13(20)21)17-11(18)8-16-12(19)9-6-4-5-7-10(9)15/h4-7H,3,8H2,1-2H3,(H,16,19)(H,17,18)(H,20,21). The van der Waals surface area contributed by atoms with Crippen molar-refractivity contribution in [1.82, 2.24) is 10.6 Å². The summed E-state index contributed by atoms with van der Waals surface area (Å²) < 4.78 is 0. The minimum atomic E-state index is -1.35. The van der Waals surface area contributed by atoms with Crippen LogP contribution in [0, 0.1) is 0 Å². The molecule has 0 heterocycles. The molecule has 0 aliphatic rings. The molecule has 0 radical (unpaired) electrons. The fourth-order valence-electron chi connectivity index (χ4n) is 1.55. The van der Waals surface area contributed by atoms with Gasteiger partial charge in [0.2, 0.25) is 5.91 Å². The van der Waals surface area contributed by atoms with E-state index in [0.717, 1.165) is 0 Å². The number of aliphatic carboxylic acids is 1. The van der Waals surface area contributed by atoms with Gasteiger partial charge in [0.15, 0.2) is 0 Å². The first kappa shape index (κ1) is 17.0. The molecule has 0 spiro atoms. The van der Waals surface area contributed by atoms with Gasteiger partial charge in [-0.2, -0.15) is 0 Å². The maximum atomic E-state index is 11.8. The molecule has 0 aliphatic heterocycles. The summed E-state index contributed by atoms with van der Waals surface area (Å²) in [6.45, 7) is 2.73. The molecule has 1 unspecified atom stereocenters. The number of hydrogen-bond donors (Lipinski definition) is 3. The highest BCUT2D eigenvalue weighted by atomic mass is 35.5. The normalized spacial score (nSPS) is 13.1. The van der Waals surface area contributed by atoms with Gasteiger partial charge in [0.1, 0.15) is 5.54 Å². The van der Waals surface area contributed by atoms with E-state index in [1.54, 1.807) is 25.1 Å². The van der Waals surface area contributed by atoms with E-state index >= 15 is 0 Å². The average molecular weight is 313 g/mol. The van der Waals surface area contributed by atoms with Crippen LogP contribution in [0.5, 0.6) is 0 Å². The van der Waals surface area contributed by atoms with Crippen LogP contribution in [0.25, 0.3) is 0 Å². The second kappa shape index (κ2) is 7.08. The molecule has 114 valence electrons. The fraction of sp³-hybridized carbons (Fsp3) is 0.357. The molecule has 6 nitrogen and oxygen atoms in total. The Morgan fingerprint density at radius 2 is 1.90 bits per heavy atom. The lowest BCUT2D eigenvalue weighted by Crippen LogP contribution is -2.54. The minimum Gasteiger partial charge on any atom is -0.480 e. The number of hydrogen-bond acceptors (Lipinski definition) is 3. The number of halogens is 1. The van der Waals surface area contributed by atoms with Crippen LogP contribution in [-0.2, 0) is 9.59 Å². The predicted octanol–water partition coefficient (Wildman–Crippen LogP) is 1.44. The van der Waals surface area contributed by atoms with Crippen LogP contribution < -0.4 is 10.6 Å². The van der Waals surface area contributed by atoms with Gasteiger partial charge >= 0.3 is 5.97 Å². The van der Waals surface area contributed by atoms with Gasteiger partial charge in [-0.1, -0.05) is 30.7 Å². The van der Waals surface area contributed by atoms with Crippen LogP contribution in [0.4, 0.5) is 0 Å². The van der Waals surface area contributed by atoms with Gasteiger partial charge in [0.25, 0.3) is 5.91 Å². The molecule has 0 fully saturated rings. The van der Waals surface area contributed by atoms with Crippen LogP contribution in [0.3, 0.4) is 0 Å². The molecule has 3 N–H and O–H groups in total. The lowest BCUT2D eigenvalue weighted by atomic mass is 9.99. The van der Waals surface area contributed by atoms with Gasteiger partial charge < -0.3 is 15.7 Å². The molecular weight excluding hydrogens is 296 g/mol. The van der Waals surface area contributed by atoms with Crippen molar-refractivity contribution in [2.75, 3.05) is 6.54 Å². The molecule has 1 aromatic carbocycles. The zero-order chi connectivity index (χ0) is 16.0. The van der Waals surface area contributed by atoms with Crippen molar-refractivity contribution in [2.45, 2.75) is 25.8 Å². The molecule has 1 aromatic rings. The van der Waals surface area contributed by atoms with Crippen molar-refractivity contribution < 1.29 is 19.5 Å². The van der Waals surface area contributed by atoms with E-state index in [-0.39, 0.29) is 23.6 Å². The highest BCUT2D eigenvalue weighted by molar-refractivity contribution is 6.33. The zero-order valence-corrected chi connectivity index (χ0v) is 12.5. The summed E-state index contributed by atoms with van der Waals surface area (Å²) in [4.78, 5) is 34.6. The maximum absolute atomic E-state index is 11.8. The topological polar surface area (TPSA) is 95.5 Å². The first-order chi connectivity index (χ1) is 9.80. The highest BCUT2D eigenvalue weighted by Gasteiger charge is 2.32. The van der Waals surface area contributed by atoms with Crippen molar-refractivity contribution in [3.05, 3.63) is 34.9 Å². The van der Waals surface area contributed by atoms with E-state index in [2.05, 4.69) is 10.6 Å². The summed E-state index contributed by atoms with van der Waals surface area (Å²) in [5.74, 6) is -2.21. The SMILES string of the molecule is CCC(C)(NC(=O)CNC(=O)c1ccccc1Cl)C(=O)O.